The van der Waals surface area contributed by atoms with Crippen molar-refractivity contribution in [2.45, 2.75) is 6.42 Å². The molecule has 20 heavy (non-hydrogen) atoms. The summed E-state index contributed by atoms with van der Waals surface area (Å²) in [4.78, 5) is 10.8. The zero-order chi connectivity index (χ0) is 13.8. The number of hydrogen-bond acceptors (Lipinski definition) is 2. The van der Waals surface area contributed by atoms with E-state index in [9.17, 15) is 4.79 Å². The summed E-state index contributed by atoms with van der Waals surface area (Å²) in [6.45, 7) is 0. The third kappa shape index (κ3) is 4.16. The summed E-state index contributed by atoms with van der Waals surface area (Å²) in [7, 11) is 0. The third-order valence-electron chi connectivity index (χ3n) is 2.58. The van der Waals surface area contributed by atoms with Gasteiger partial charge < -0.3 is 10.4 Å². The van der Waals surface area contributed by atoms with Crippen LogP contribution in [0.2, 0.25) is 10.0 Å². The number of nitrogens with one attached hydrogen (secondary N) is 1. The molecule has 0 amide bonds. The molecule has 101 valence electrons. The number of carbonyl (C=O) groups is 1. The molecule has 0 heterocycles. The average Bonchev–Trinajstić information content (AvgIpc) is 2.35. The van der Waals surface area contributed by atoms with E-state index in [1.165, 1.54) is 0 Å². The lowest BCUT2D eigenvalue weighted by atomic mass is 10.1. The number of rotatable bonds is 4. The van der Waals surface area contributed by atoms with E-state index < -0.39 is 5.97 Å². The Kier molecular flexibility index (Phi) is 6.38. The van der Waals surface area contributed by atoms with Crippen molar-refractivity contribution in [2.24, 2.45) is 0 Å². The van der Waals surface area contributed by atoms with E-state index in [4.69, 9.17) is 28.3 Å². The predicted molar refractivity (Wildman–Crippen MR) is 83.3 cm³/mol. The highest BCUT2D eigenvalue weighted by atomic mass is 35.5. The molecule has 0 unspecified atom stereocenters. The van der Waals surface area contributed by atoms with Crippen LogP contribution >= 0.6 is 23.2 Å². The minimum atomic E-state index is -0.889. The molecular formula is C14H11AlCl2NO2. The molecule has 2 N–H and O–H groups in total. The smallest absolute Gasteiger partial charge is 0.307 e. The summed E-state index contributed by atoms with van der Waals surface area (Å²) in [5, 5.41) is 12.9. The van der Waals surface area contributed by atoms with Crippen LogP contribution in [-0.4, -0.2) is 28.4 Å². The van der Waals surface area contributed by atoms with Gasteiger partial charge in [-0.3, -0.25) is 4.79 Å². The Morgan fingerprint density at radius 1 is 1.05 bits per heavy atom. The fourth-order valence-corrected chi connectivity index (χ4v) is 2.20. The minimum Gasteiger partial charge on any atom is -0.481 e. The van der Waals surface area contributed by atoms with E-state index in [-0.39, 0.29) is 23.8 Å². The predicted octanol–water partition coefficient (Wildman–Crippen LogP) is 3.98. The van der Waals surface area contributed by atoms with Crippen molar-refractivity contribution in [1.29, 1.82) is 0 Å². The van der Waals surface area contributed by atoms with Crippen LogP contribution < -0.4 is 5.32 Å². The highest BCUT2D eigenvalue weighted by Crippen LogP contribution is 2.33. The summed E-state index contributed by atoms with van der Waals surface area (Å²) >= 11 is 12.1. The Balaban J connectivity index is 0.00000200. The number of benzene rings is 2. The van der Waals surface area contributed by atoms with Gasteiger partial charge in [0.2, 0.25) is 0 Å². The molecule has 0 bridgehead atoms. The number of carboxylic acids is 1. The molecule has 0 saturated carbocycles. The largest absolute Gasteiger partial charge is 0.481 e. The van der Waals surface area contributed by atoms with Crippen LogP contribution in [0, 0.1) is 0 Å². The van der Waals surface area contributed by atoms with Crippen LogP contribution in [0.3, 0.4) is 0 Å². The molecule has 2 rings (SSSR count). The maximum absolute atomic E-state index is 10.8. The van der Waals surface area contributed by atoms with Gasteiger partial charge in [0.05, 0.1) is 22.2 Å². The minimum absolute atomic E-state index is 0. The molecule has 6 heteroatoms. The fourth-order valence-electron chi connectivity index (χ4n) is 1.71. The highest BCUT2D eigenvalue weighted by molar-refractivity contribution is 6.39. The zero-order valence-electron chi connectivity index (χ0n) is 10.4. The number of aliphatic carboxylic acids is 1. The molecule has 3 radical (unpaired) electrons. The van der Waals surface area contributed by atoms with E-state index in [2.05, 4.69) is 5.32 Å². The first kappa shape index (κ1) is 16.9. The molecule has 2 aromatic carbocycles. The van der Waals surface area contributed by atoms with Gasteiger partial charge in [0, 0.05) is 23.0 Å². The summed E-state index contributed by atoms with van der Waals surface area (Å²) in [5.74, 6) is -0.889. The molecule has 0 atom stereocenters. The van der Waals surface area contributed by atoms with Crippen LogP contribution in [0.5, 0.6) is 0 Å². The molecular weight excluding hydrogens is 312 g/mol. The van der Waals surface area contributed by atoms with Gasteiger partial charge in [-0.1, -0.05) is 47.5 Å². The second kappa shape index (κ2) is 7.56. The van der Waals surface area contributed by atoms with Gasteiger partial charge in [-0.25, -0.2) is 0 Å². The maximum Gasteiger partial charge on any atom is 0.307 e. The maximum atomic E-state index is 10.8. The number of anilines is 2. The molecule has 3 nitrogen and oxygen atoms in total. The van der Waals surface area contributed by atoms with Gasteiger partial charge in [-0.2, -0.15) is 0 Å². The van der Waals surface area contributed by atoms with Crippen molar-refractivity contribution in [1.82, 2.24) is 0 Å². The van der Waals surface area contributed by atoms with Crippen LogP contribution in [0.4, 0.5) is 11.4 Å². The zero-order valence-corrected chi connectivity index (χ0v) is 13.1. The fraction of sp³-hybridized carbons (Fsp3) is 0.0714. The van der Waals surface area contributed by atoms with Gasteiger partial charge in [-0.15, -0.1) is 0 Å². The van der Waals surface area contributed by atoms with E-state index in [0.29, 0.717) is 27.0 Å². The van der Waals surface area contributed by atoms with Crippen molar-refractivity contribution in [3.63, 3.8) is 0 Å². The molecule has 0 fully saturated rings. The summed E-state index contributed by atoms with van der Waals surface area (Å²) in [5.41, 5.74) is 1.93. The highest BCUT2D eigenvalue weighted by Gasteiger charge is 2.10. The van der Waals surface area contributed by atoms with Crippen molar-refractivity contribution in [3.8, 4) is 0 Å². The van der Waals surface area contributed by atoms with Crippen molar-refractivity contribution >= 4 is 57.9 Å². The van der Waals surface area contributed by atoms with Gasteiger partial charge in [0.15, 0.2) is 0 Å². The monoisotopic (exact) mass is 322 g/mol. The Morgan fingerprint density at radius 2 is 1.65 bits per heavy atom. The number of hydrogen-bond donors (Lipinski definition) is 2. The molecule has 0 aromatic heterocycles. The topological polar surface area (TPSA) is 49.3 Å². The summed E-state index contributed by atoms with van der Waals surface area (Å²) < 4.78 is 0. The molecule has 0 aliphatic carbocycles. The van der Waals surface area contributed by atoms with E-state index in [0.717, 1.165) is 0 Å². The SMILES string of the molecule is O=C(O)Cc1ccccc1Nc1c(Cl)cccc1Cl.[Al]. The first-order valence-corrected chi connectivity index (χ1v) is 6.34. The normalized spacial score (nSPS) is 9.70. The van der Waals surface area contributed by atoms with Crippen molar-refractivity contribution in [3.05, 3.63) is 58.1 Å². The third-order valence-corrected chi connectivity index (χ3v) is 3.21. The molecule has 0 saturated heterocycles. The second-order valence-corrected chi connectivity index (χ2v) is 4.76. The van der Waals surface area contributed by atoms with Crippen molar-refractivity contribution < 1.29 is 9.90 Å². The van der Waals surface area contributed by atoms with Crippen LogP contribution in [0.25, 0.3) is 0 Å². The van der Waals surface area contributed by atoms with E-state index in [1.807, 2.05) is 6.07 Å². The quantitative estimate of drug-likeness (QED) is 0.837. The van der Waals surface area contributed by atoms with Gasteiger partial charge in [-0.05, 0) is 23.8 Å². The number of halogens is 2. The average molecular weight is 323 g/mol. The van der Waals surface area contributed by atoms with E-state index in [1.54, 1.807) is 36.4 Å². The number of carboxylic acid groups (broad SMARTS) is 1. The van der Waals surface area contributed by atoms with Crippen molar-refractivity contribution in [2.75, 3.05) is 5.32 Å². The first-order valence-electron chi connectivity index (χ1n) is 5.58. The first-order chi connectivity index (χ1) is 9.08. The van der Waals surface area contributed by atoms with Gasteiger partial charge in [0.25, 0.3) is 0 Å². The Morgan fingerprint density at radius 3 is 2.25 bits per heavy atom. The number of para-hydroxylation sites is 2. The molecule has 0 aliphatic heterocycles. The van der Waals surface area contributed by atoms with E-state index >= 15 is 0 Å². The lowest BCUT2D eigenvalue weighted by Crippen LogP contribution is -2.04. The standard InChI is InChI=1S/C14H11Cl2NO2.Al/c15-10-5-3-6-11(16)14(10)17-12-7-2-1-4-9(12)8-13(18)19;/h1-7,17H,8H2,(H,18,19);. The Labute approximate surface area is 137 Å². The Bertz CT molecular complexity index is 600. The molecule has 0 spiro atoms. The summed E-state index contributed by atoms with van der Waals surface area (Å²) in [6.07, 6.45) is -0.0642. The lowest BCUT2D eigenvalue weighted by molar-refractivity contribution is -0.136. The van der Waals surface area contributed by atoms with Gasteiger partial charge >= 0.3 is 5.97 Å². The van der Waals surface area contributed by atoms with Crippen LogP contribution in [0.15, 0.2) is 42.5 Å². The van der Waals surface area contributed by atoms with Crippen LogP contribution in [0.1, 0.15) is 5.56 Å². The second-order valence-electron chi connectivity index (χ2n) is 3.95. The lowest BCUT2D eigenvalue weighted by Gasteiger charge is -2.13. The Hall–Kier alpha value is -1.18. The molecule has 2 aromatic rings. The van der Waals surface area contributed by atoms with Gasteiger partial charge in [0.1, 0.15) is 0 Å². The summed E-state index contributed by atoms with van der Waals surface area (Å²) in [6, 6.07) is 12.3. The van der Waals surface area contributed by atoms with Crippen LogP contribution in [-0.2, 0) is 11.2 Å². The molecule has 0 aliphatic rings.